The van der Waals surface area contributed by atoms with E-state index in [2.05, 4.69) is 19.4 Å². The molecule has 0 aromatic heterocycles. The van der Waals surface area contributed by atoms with Gasteiger partial charge in [0.1, 0.15) is 0 Å². The minimum absolute atomic E-state index is 1.27. The van der Waals surface area contributed by atoms with Crippen molar-refractivity contribution in [3.05, 3.63) is 18.1 Å². The van der Waals surface area contributed by atoms with Crippen LogP contribution in [0.4, 0.5) is 0 Å². The van der Waals surface area contributed by atoms with Crippen LogP contribution in [0.1, 0.15) is 51.9 Å². The molecule has 0 aromatic carbocycles. The maximum Gasteiger partial charge on any atom is -0.0318 e. The fourth-order valence-electron chi connectivity index (χ4n) is 1.64. The fourth-order valence-corrected chi connectivity index (χ4v) is 1.64. The minimum Gasteiger partial charge on any atom is -0.0853 e. The van der Waals surface area contributed by atoms with Crippen molar-refractivity contribution in [2.24, 2.45) is 0 Å². The molecule has 0 bridgehead atoms. The van der Waals surface area contributed by atoms with E-state index in [4.69, 9.17) is 0 Å². The van der Waals surface area contributed by atoms with Gasteiger partial charge in [0.2, 0.25) is 0 Å². The summed E-state index contributed by atoms with van der Waals surface area (Å²) in [5, 5.41) is 0. The predicted octanol–water partition coefficient (Wildman–Crippen LogP) is 3.88. The van der Waals surface area contributed by atoms with E-state index in [0.29, 0.717) is 0 Å². The van der Waals surface area contributed by atoms with Crippen LogP contribution < -0.4 is 0 Å². The molecule has 0 heterocycles. The number of allylic oxidation sites excluding steroid dienone is 2. The zero-order valence-electron chi connectivity index (χ0n) is 7.60. The first-order chi connectivity index (χ1) is 5.43. The van der Waals surface area contributed by atoms with Crippen LogP contribution in [0.2, 0.25) is 0 Å². The van der Waals surface area contributed by atoms with Gasteiger partial charge < -0.3 is 0 Å². The van der Waals surface area contributed by atoms with Gasteiger partial charge in [-0.25, -0.2) is 0 Å². The van der Waals surface area contributed by atoms with Crippen LogP contribution in [0.3, 0.4) is 0 Å². The molecule has 1 aliphatic carbocycles. The summed E-state index contributed by atoms with van der Waals surface area (Å²) in [6, 6.07) is 0. The average molecular weight is 151 g/mol. The third kappa shape index (κ3) is 3.60. The van der Waals surface area contributed by atoms with Crippen LogP contribution >= 0.6 is 0 Å². The summed E-state index contributed by atoms with van der Waals surface area (Å²) < 4.78 is 0. The molecule has 0 spiro atoms. The number of rotatable bonds is 3. The highest BCUT2D eigenvalue weighted by molar-refractivity contribution is 5.03. The Morgan fingerprint density at radius 2 is 2.27 bits per heavy atom. The zero-order chi connectivity index (χ0) is 7.94. The highest BCUT2D eigenvalue weighted by atomic mass is 14.1. The summed E-state index contributed by atoms with van der Waals surface area (Å²) in [7, 11) is 0. The van der Waals surface area contributed by atoms with Gasteiger partial charge in [-0.05, 0) is 44.9 Å². The lowest BCUT2D eigenvalue weighted by Gasteiger charge is -2.02. The molecule has 0 saturated carbocycles. The number of unbranched alkanes of at least 4 members (excludes halogenated alkanes) is 1. The van der Waals surface area contributed by atoms with Crippen molar-refractivity contribution in [3.63, 3.8) is 0 Å². The zero-order valence-corrected chi connectivity index (χ0v) is 7.60. The van der Waals surface area contributed by atoms with Crippen LogP contribution in [0.25, 0.3) is 0 Å². The van der Waals surface area contributed by atoms with Gasteiger partial charge in [-0.15, -0.1) is 0 Å². The molecule has 0 unspecified atom stereocenters. The molecule has 0 atom stereocenters. The Kier molecular flexibility index (Phi) is 4.33. The summed E-state index contributed by atoms with van der Waals surface area (Å²) >= 11 is 0. The second kappa shape index (κ2) is 5.40. The van der Waals surface area contributed by atoms with E-state index < -0.39 is 0 Å². The Balaban J connectivity index is 2.23. The Morgan fingerprint density at radius 3 is 3.09 bits per heavy atom. The quantitative estimate of drug-likeness (QED) is 0.537. The van der Waals surface area contributed by atoms with Crippen LogP contribution in [0, 0.1) is 6.42 Å². The smallest absolute Gasteiger partial charge is 0.0318 e. The van der Waals surface area contributed by atoms with E-state index in [1.807, 2.05) is 0 Å². The van der Waals surface area contributed by atoms with Crippen molar-refractivity contribution >= 4 is 0 Å². The molecule has 1 radical (unpaired) electrons. The molecule has 0 aromatic rings. The maximum absolute atomic E-state index is 2.47. The normalized spacial score (nSPS) is 19.2. The van der Waals surface area contributed by atoms with E-state index in [-0.39, 0.29) is 0 Å². The lowest BCUT2D eigenvalue weighted by atomic mass is 10.0. The summed E-state index contributed by atoms with van der Waals surface area (Å²) in [4.78, 5) is 0. The third-order valence-electron chi connectivity index (χ3n) is 2.39. The summed E-state index contributed by atoms with van der Waals surface area (Å²) in [5.74, 6) is 0. The molecule has 63 valence electrons. The van der Waals surface area contributed by atoms with Gasteiger partial charge in [0.25, 0.3) is 0 Å². The maximum atomic E-state index is 2.47. The number of hydrogen-bond donors (Lipinski definition) is 0. The molecule has 0 saturated heterocycles. The summed E-state index contributed by atoms with van der Waals surface area (Å²) in [6.07, 6.45) is 14.3. The standard InChI is InChI=1S/C11H19/c1-2-3-8-11-9-6-4-5-7-10-11/h2,9H,3-8,10H2,1H3. The van der Waals surface area contributed by atoms with Gasteiger partial charge in [0, 0.05) is 0 Å². The molecular weight excluding hydrogens is 132 g/mol. The van der Waals surface area contributed by atoms with Gasteiger partial charge in [-0.1, -0.05) is 25.0 Å². The molecule has 0 heteroatoms. The molecule has 11 heavy (non-hydrogen) atoms. The van der Waals surface area contributed by atoms with E-state index in [0.717, 1.165) is 0 Å². The highest BCUT2D eigenvalue weighted by Gasteiger charge is 2.01. The Morgan fingerprint density at radius 1 is 1.36 bits per heavy atom. The Hall–Kier alpha value is -0.260. The minimum atomic E-state index is 1.27. The van der Waals surface area contributed by atoms with Crippen molar-refractivity contribution in [1.82, 2.24) is 0 Å². The third-order valence-corrected chi connectivity index (χ3v) is 2.39. The Bertz CT molecular complexity index is 122. The molecule has 1 rings (SSSR count). The first kappa shape index (κ1) is 8.83. The van der Waals surface area contributed by atoms with Crippen molar-refractivity contribution in [3.8, 4) is 0 Å². The molecule has 0 aliphatic heterocycles. The van der Waals surface area contributed by atoms with Gasteiger partial charge in [0.15, 0.2) is 0 Å². The van der Waals surface area contributed by atoms with E-state index in [9.17, 15) is 0 Å². The van der Waals surface area contributed by atoms with E-state index in [1.54, 1.807) is 5.57 Å². The summed E-state index contributed by atoms with van der Waals surface area (Å²) in [6.45, 7) is 2.15. The lowest BCUT2D eigenvalue weighted by molar-refractivity contribution is 0.700. The fraction of sp³-hybridized carbons (Fsp3) is 0.727. The molecule has 1 aliphatic rings. The second-order valence-electron chi connectivity index (χ2n) is 3.41. The van der Waals surface area contributed by atoms with Crippen LogP contribution in [0.5, 0.6) is 0 Å². The van der Waals surface area contributed by atoms with Gasteiger partial charge in [0.05, 0.1) is 0 Å². The van der Waals surface area contributed by atoms with E-state index in [1.165, 1.54) is 44.9 Å². The topological polar surface area (TPSA) is 0 Å². The largest absolute Gasteiger partial charge is 0.0853 e. The monoisotopic (exact) mass is 151 g/mol. The van der Waals surface area contributed by atoms with Crippen LogP contribution in [0.15, 0.2) is 11.6 Å². The molecule has 0 nitrogen and oxygen atoms in total. The van der Waals surface area contributed by atoms with Crippen LogP contribution in [-0.2, 0) is 0 Å². The molecular formula is C11H19. The van der Waals surface area contributed by atoms with Crippen molar-refractivity contribution in [2.75, 3.05) is 0 Å². The van der Waals surface area contributed by atoms with Gasteiger partial charge in [-0.3, -0.25) is 0 Å². The molecule has 0 fully saturated rings. The first-order valence-corrected chi connectivity index (χ1v) is 4.89. The van der Waals surface area contributed by atoms with Crippen molar-refractivity contribution in [2.45, 2.75) is 51.9 Å². The van der Waals surface area contributed by atoms with Crippen molar-refractivity contribution < 1.29 is 0 Å². The second-order valence-corrected chi connectivity index (χ2v) is 3.41. The lowest BCUT2D eigenvalue weighted by Crippen LogP contribution is -1.82. The Labute approximate surface area is 70.7 Å². The summed E-state index contributed by atoms with van der Waals surface area (Å²) in [5.41, 5.74) is 1.71. The highest BCUT2D eigenvalue weighted by Crippen LogP contribution is 2.20. The van der Waals surface area contributed by atoms with E-state index >= 15 is 0 Å². The first-order valence-electron chi connectivity index (χ1n) is 4.89. The van der Waals surface area contributed by atoms with Crippen LogP contribution in [-0.4, -0.2) is 0 Å². The predicted molar refractivity (Wildman–Crippen MR) is 50.4 cm³/mol. The average Bonchev–Trinajstić information content (AvgIpc) is 2.28. The number of hydrogen-bond acceptors (Lipinski definition) is 0. The SMILES string of the molecule is C[CH]CCC1=CCCCCC1. The molecule has 0 N–H and O–H groups in total. The van der Waals surface area contributed by atoms with Crippen molar-refractivity contribution in [1.29, 1.82) is 0 Å². The molecule has 0 amide bonds. The van der Waals surface area contributed by atoms with Gasteiger partial charge >= 0.3 is 0 Å². The van der Waals surface area contributed by atoms with Gasteiger partial charge in [-0.2, -0.15) is 0 Å².